The lowest BCUT2D eigenvalue weighted by atomic mass is 9.94. The molecule has 0 aliphatic heterocycles. The van der Waals surface area contributed by atoms with Crippen molar-refractivity contribution >= 4 is 0 Å². The quantitative estimate of drug-likeness (QED) is 0.497. The molecule has 0 bridgehead atoms. The Bertz CT molecular complexity index is 64.4. The van der Waals surface area contributed by atoms with E-state index < -0.39 is 0 Å². The molecule has 0 aliphatic rings. The maximum Gasteiger partial charge on any atom is -0.0239 e. The van der Waals surface area contributed by atoms with Crippen LogP contribution in [-0.4, -0.2) is 0 Å². The summed E-state index contributed by atoms with van der Waals surface area (Å²) in [5.74, 6) is 1.48. The number of hydrogen-bond acceptors (Lipinski definition) is 0. The fourth-order valence-corrected chi connectivity index (χ4v) is 0.604. The second-order valence-electron chi connectivity index (χ2n) is 2.48. The minimum atomic E-state index is 0.681. The lowest BCUT2D eigenvalue weighted by molar-refractivity contribution is 0.447. The molecule has 0 heteroatoms. The predicted molar refractivity (Wildman–Crippen MR) is 72.9 cm³/mol. The summed E-state index contributed by atoms with van der Waals surface area (Å²) in [6, 6.07) is 0. The zero-order chi connectivity index (χ0) is 12.6. The Morgan fingerprint density at radius 1 is 0.929 bits per heavy atom. The molecule has 14 heavy (non-hydrogen) atoms. The number of rotatable bonds is 3. The van der Waals surface area contributed by atoms with Crippen LogP contribution in [0, 0.1) is 11.8 Å². The van der Waals surface area contributed by atoms with Crippen molar-refractivity contribution in [1.82, 2.24) is 0 Å². The Kier molecular flexibility index (Phi) is 49.2. The summed E-state index contributed by atoms with van der Waals surface area (Å²) < 4.78 is 0. The summed E-state index contributed by atoms with van der Waals surface area (Å²) in [5.41, 5.74) is 0. The summed E-state index contributed by atoms with van der Waals surface area (Å²) >= 11 is 0. The summed E-state index contributed by atoms with van der Waals surface area (Å²) in [5, 5.41) is 0. The minimum Gasteiger partial charge on any atom is -0.103 e. The van der Waals surface area contributed by atoms with E-state index in [0.717, 1.165) is 5.92 Å². The highest BCUT2D eigenvalue weighted by molar-refractivity contribution is 4.78. The van der Waals surface area contributed by atoms with E-state index in [4.69, 9.17) is 0 Å². The number of allylic oxidation sites excluding steroid dienone is 1. The van der Waals surface area contributed by atoms with Crippen LogP contribution in [0.25, 0.3) is 0 Å². The van der Waals surface area contributed by atoms with E-state index >= 15 is 0 Å². The Hall–Kier alpha value is -0.260. The van der Waals surface area contributed by atoms with Gasteiger partial charge in [-0.15, -0.1) is 6.58 Å². The van der Waals surface area contributed by atoms with E-state index in [1.807, 2.05) is 47.6 Å². The second kappa shape index (κ2) is 29.3. The fourth-order valence-electron chi connectivity index (χ4n) is 0.604. The van der Waals surface area contributed by atoms with Crippen LogP contribution in [0.5, 0.6) is 0 Å². The predicted octanol–water partition coefficient (Wildman–Crippen LogP) is 5.93. The molecule has 0 saturated carbocycles. The SMILES string of the molecule is C=CC(C)C(C)CC.CC.CC.CC. The van der Waals surface area contributed by atoms with E-state index in [0.29, 0.717) is 5.92 Å². The van der Waals surface area contributed by atoms with Gasteiger partial charge in [0.1, 0.15) is 0 Å². The van der Waals surface area contributed by atoms with Gasteiger partial charge in [-0.3, -0.25) is 0 Å². The Morgan fingerprint density at radius 2 is 1.21 bits per heavy atom. The Morgan fingerprint density at radius 3 is 1.29 bits per heavy atom. The minimum absolute atomic E-state index is 0.681. The first kappa shape index (κ1) is 23.5. The first-order chi connectivity index (χ1) is 6.72. The number of hydrogen-bond donors (Lipinski definition) is 0. The molecule has 0 aliphatic carbocycles. The van der Waals surface area contributed by atoms with Gasteiger partial charge < -0.3 is 0 Å². The van der Waals surface area contributed by atoms with Crippen LogP contribution in [0.1, 0.15) is 68.7 Å². The van der Waals surface area contributed by atoms with E-state index in [-0.39, 0.29) is 0 Å². The normalized spacial score (nSPS) is 11.2. The molecule has 0 aromatic carbocycles. The van der Waals surface area contributed by atoms with Gasteiger partial charge in [0.25, 0.3) is 0 Å². The van der Waals surface area contributed by atoms with E-state index in [9.17, 15) is 0 Å². The summed E-state index contributed by atoms with van der Waals surface area (Å²) in [6.45, 7) is 22.4. The average Bonchev–Trinajstić information content (AvgIpc) is 2.34. The van der Waals surface area contributed by atoms with Crippen molar-refractivity contribution in [2.75, 3.05) is 0 Å². The summed E-state index contributed by atoms with van der Waals surface area (Å²) in [6.07, 6.45) is 3.28. The molecule has 0 saturated heterocycles. The van der Waals surface area contributed by atoms with Crippen molar-refractivity contribution in [3.63, 3.8) is 0 Å². The van der Waals surface area contributed by atoms with Gasteiger partial charge in [-0.05, 0) is 11.8 Å². The maximum absolute atomic E-state index is 3.73. The zero-order valence-corrected chi connectivity index (χ0v) is 12.1. The third kappa shape index (κ3) is 22.6. The smallest absolute Gasteiger partial charge is 0.0239 e. The van der Waals surface area contributed by atoms with Crippen LogP contribution in [0.4, 0.5) is 0 Å². The molecule has 0 nitrogen and oxygen atoms in total. The highest BCUT2D eigenvalue weighted by atomic mass is 14.1. The van der Waals surface area contributed by atoms with Crippen LogP contribution >= 0.6 is 0 Å². The van der Waals surface area contributed by atoms with Gasteiger partial charge in [-0.25, -0.2) is 0 Å². The highest BCUT2D eigenvalue weighted by Gasteiger charge is 2.03. The van der Waals surface area contributed by atoms with Gasteiger partial charge in [0, 0.05) is 0 Å². The monoisotopic (exact) mass is 202 g/mol. The summed E-state index contributed by atoms with van der Waals surface area (Å²) in [4.78, 5) is 0. The van der Waals surface area contributed by atoms with Gasteiger partial charge in [0.2, 0.25) is 0 Å². The van der Waals surface area contributed by atoms with Crippen molar-refractivity contribution in [1.29, 1.82) is 0 Å². The molecule has 0 aromatic rings. The third-order valence-electron chi connectivity index (χ3n) is 1.91. The van der Waals surface area contributed by atoms with Gasteiger partial charge in [-0.1, -0.05) is 74.8 Å². The van der Waals surface area contributed by atoms with Crippen LogP contribution < -0.4 is 0 Å². The van der Waals surface area contributed by atoms with Crippen LogP contribution in [-0.2, 0) is 0 Å². The Balaban J connectivity index is -0.0000000708. The lowest BCUT2D eigenvalue weighted by Crippen LogP contribution is -2.01. The largest absolute Gasteiger partial charge is 0.103 e. The molecule has 0 rings (SSSR count). The van der Waals surface area contributed by atoms with Gasteiger partial charge in [0.05, 0.1) is 0 Å². The van der Waals surface area contributed by atoms with E-state index in [1.54, 1.807) is 0 Å². The fraction of sp³-hybridized carbons (Fsp3) is 0.857. The standard InChI is InChI=1S/C8H16.3C2H6/c1-5-7(3)8(4)6-2;3*1-2/h5,7-8H,1,6H2,2-4H3;3*1-2H3. The van der Waals surface area contributed by atoms with Crippen LogP contribution in [0.15, 0.2) is 12.7 Å². The van der Waals surface area contributed by atoms with E-state index in [1.165, 1.54) is 6.42 Å². The van der Waals surface area contributed by atoms with E-state index in [2.05, 4.69) is 27.4 Å². The molecular formula is C14H34. The van der Waals surface area contributed by atoms with Gasteiger partial charge in [0.15, 0.2) is 0 Å². The lowest BCUT2D eigenvalue weighted by Gasteiger charge is -2.12. The van der Waals surface area contributed by atoms with Crippen molar-refractivity contribution in [2.45, 2.75) is 68.7 Å². The van der Waals surface area contributed by atoms with Crippen LogP contribution in [0.3, 0.4) is 0 Å². The zero-order valence-electron chi connectivity index (χ0n) is 12.1. The first-order valence-corrected chi connectivity index (χ1v) is 6.34. The molecule has 0 radical (unpaired) electrons. The molecule has 0 heterocycles. The van der Waals surface area contributed by atoms with Crippen molar-refractivity contribution in [3.05, 3.63) is 12.7 Å². The topological polar surface area (TPSA) is 0 Å². The maximum atomic E-state index is 3.73. The Labute approximate surface area is 93.8 Å². The molecule has 0 N–H and O–H groups in total. The molecule has 2 unspecified atom stereocenters. The molecule has 0 spiro atoms. The molecule has 90 valence electrons. The van der Waals surface area contributed by atoms with Crippen LogP contribution in [0.2, 0.25) is 0 Å². The molecule has 0 fully saturated rings. The summed E-state index contributed by atoms with van der Waals surface area (Å²) in [7, 11) is 0. The van der Waals surface area contributed by atoms with Crippen molar-refractivity contribution < 1.29 is 0 Å². The van der Waals surface area contributed by atoms with Crippen molar-refractivity contribution in [3.8, 4) is 0 Å². The molecule has 2 atom stereocenters. The molecular weight excluding hydrogens is 168 g/mol. The molecule has 0 amide bonds. The first-order valence-electron chi connectivity index (χ1n) is 6.34. The van der Waals surface area contributed by atoms with Gasteiger partial charge >= 0.3 is 0 Å². The third-order valence-corrected chi connectivity index (χ3v) is 1.91. The van der Waals surface area contributed by atoms with Crippen molar-refractivity contribution in [2.24, 2.45) is 11.8 Å². The average molecular weight is 202 g/mol. The molecule has 0 aromatic heterocycles. The second-order valence-corrected chi connectivity index (χ2v) is 2.48. The highest BCUT2D eigenvalue weighted by Crippen LogP contribution is 2.13. The van der Waals surface area contributed by atoms with Gasteiger partial charge in [-0.2, -0.15) is 0 Å².